The molecule has 0 atom stereocenters. The van der Waals surface area contributed by atoms with E-state index in [9.17, 15) is 71.7 Å². The minimum absolute atomic E-state index is 0.358. The molecule has 296 valence electrons. The molecule has 4 aromatic carbocycles. The molecule has 4 N–H and O–H groups in total. The number of quaternary nitrogens is 1. The number of phenolic OH excluding ortho intramolecular Hbond substituents is 2. The molecule has 4 rings (SSSR count). The first-order valence-corrected chi connectivity index (χ1v) is 20.5. The van der Waals surface area contributed by atoms with Gasteiger partial charge in [0.05, 0.1) is 58.9 Å². The van der Waals surface area contributed by atoms with E-state index in [2.05, 4.69) is 38.8 Å². The van der Waals surface area contributed by atoms with Crippen molar-refractivity contribution in [3.63, 3.8) is 0 Å². The maximum Gasteiger partial charge on any atom is 0.259 e. The summed E-state index contributed by atoms with van der Waals surface area (Å²) in [5.74, 6) is -3.91. The lowest BCUT2D eigenvalue weighted by atomic mass is 10.1. The Balaban J connectivity index is 0.00000152. The van der Waals surface area contributed by atoms with E-state index in [4.69, 9.17) is 0 Å². The van der Waals surface area contributed by atoms with E-state index in [1.807, 2.05) is 0 Å². The number of carbonyl (C=O) groups is 2. The van der Waals surface area contributed by atoms with E-state index in [-0.39, 0.29) is 22.5 Å². The van der Waals surface area contributed by atoms with Gasteiger partial charge in [-0.3, -0.25) is 9.59 Å². The monoisotopic (exact) mass is 840 g/mol. The van der Waals surface area contributed by atoms with Crippen molar-refractivity contribution < 1.29 is 76.2 Å². The van der Waals surface area contributed by atoms with Crippen LogP contribution < -0.4 is 10.6 Å². The second-order valence-corrected chi connectivity index (χ2v) is 18.1. The molecule has 0 fully saturated rings. The van der Waals surface area contributed by atoms with Crippen molar-refractivity contribution >= 4 is 75.8 Å². The van der Waals surface area contributed by atoms with Crippen LogP contribution in [0, 0.1) is 0 Å². The minimum atomic E-state index is -5.32. The van der Waals surface area contributed by atoms with Gasteiger partial charge in [-0.15, -0.1) is 0 Å². The van der Waals surface area contributed by atoms with Crippen molar-refractivity contribution in [2.45, 2.75) is 19.6 Å². The second-order valence-electron chi connectivity index (χ2n) is 12.6. The molecule has 0 heterocycles. The van der Waals surface area contributed by atoms with Crippen LogP contribution in [-0.4, -0.2) is 107 Å². The molecule has 0 aliphatic heterocycles. The standard InChI is InChI=1S/C28H22N2O16S4.C4H12N/c31-23-9-7-19(47(35,36)37)13-21(23)27(33)29-17-5-3-15(25(11-17)49(41,42)43)1-2-16-4-6-18(12-26(16)50(44,45)46)30-28(34)22-14-20(48(38,39)40)8-10-24(22)32;1-5(2,3)4/h1-14,31-32H,(H,29,33)(H,30,34)(H,35,36,37)(H,38,39,40)(H,41,42,43)(H,44,45,46);1-4H3/q;+1/p-4/b2-1-;. The number of hydrogen-bond donors (Lipinski definition) is 4. The van der Waals surface area contributed by atoms with Gasteiger partial charge in [0.15, 0.2) is 0 Å². The highest BCUT2D eigenvalue weighted by Crippen LogP contribution is 2.29. The molecule has 0 unspecified atom stereocenters. The number of amides is 2. The highest BCUT2D eigenvalue weighted by atomic mass is 32.2. The maximum atomic E-state index is 12.7. The molecule has 0 aromatic heterocycles. The molecule has 19 nitrogen and oxygen atoms in total. The van der Waals surface area contributed by atoms with Gasteiger partial charge in [0.2, 0.25) is 0 Å². The molecule has 4 aromatic rings. The molecule has 0 aliphatic carbocycles. The van der Waals surface area contributed by atoms with Crippen LogP contribution >= 0.6 is 0 Å². The number of aromatic hydroxyl groups is 2. The van der Waals surface area contributed by atoms with E-state index >= 15 is 0 Å². The molecule has 55 heavy (non-hydrogen) atoms. The molecule has 0 spiro atoms. The lowest BCUT2D eigenvalue weighted by molar-refractivity contribution is -0.849. The maximum absolute atomic E-state index is 12.7. The summed E-state index contributed by atoms with van der Waals surface area (Å²) in [6.45, 7) is 0. The van der Waals surface area contributed by atoms with Crippen molar-refractivity contribution in [1.82, 2.24) is 0 Å². The van der Waals surface area contributed by atoms with E-state index in [1.165, 1.54) is 0 Å². The quantitative estimate of drug-likeness (QED) is 0.100. The topological polar surface area (TPSA) is 327 Å². The van der Waals surface area contributed by atoms with Crippen molar-refractivity contribution in [1.29, 1.82) is 0 Å². The Morgan fingerprint density at radius 3 is 1.11 bits per heavy atom. The number of nitrogens with zero attached hydrogens (tertiary/aromatic N) is 1. The molecule has 0 bridgehead atoms. The van der Waals surface area contributed by atoms with Gasteiger partial charge in [0.1, 0.15) is 52.0 Å². The Labute approximate surface area is 315 Å². The lowest BCUT2D eigenvalue weighted by Crippen LogP contribution is -2.27. The zero-order chi connectivity index (χ0) is 41.9. The van der Waals surface area contributed by atoms with E-state index in [0.717, 1.165) is 65.2 Å². The number of benzene rings is 4. The summed E-state index contributed by atoms with van der Waals surface area (Å²) in [4.78, 5) is 21.7. The third kappa shape index (κ3) is 12.7. The summed E-state index contributed by atoms with van der Waals surface area (Å²) < 4.78 is 141. The van der Waals surface area contributed by atoms with Crippen LogP contribution in [-0.2, 0) is 40.5 Å². The van der Waals surface area contributed by atoms with Crippen LogP contribution in [0.5, 0.6) is 11.5 Å². The third-order valence-electron chi connectivity index (χ3n) is 6.53. The van der Waals surface area contributed by atoms with Gasteiger partial charge in [-0.2, -0.15) is 0 Å². The summed E-state index contributed by atoms with van der Waals surface area (Å²) in [5, 5.41) is 24.2. The molecule has 23 heteroatoms. The number of phenols is 2. The van der Waals surface area contributed by atoms with Gasteiger partial charge in [0.25, 0.3) is 11.8 Å². The highest BCUT2D eigenvalue weighted by molar-refractivity contribution is 7.86. The van der Waals surface area contributed by atoms with Crippen LogP contribution in [0.3, 0.4) is 0 Å². The molecule has 0 radical (unpaired) electrons. The van der Waals surface area contributed by atoms with Crippen LogP contribution in [0.4, 0.5) is 11.4 Å². The van der Waals surface area contributed by atoms with Crippen LogP contribution in [0.15, 0.2) is 92.4 Å². The van der Waals surface area contributed by atoms with Gasteiger partial charge < -0.3 is 43.5 Å². The third-order valence-corrected chi connectivity index (χ3v) is 9.97. The van der Waals surface area contributed by atoms with E-state index in [0.29, 0.717) is 24.3 Å². The predicted molar refractivity (Wildman–Crippen MR) is 190 cm³/mol. The molecule has 0 saturated carbocycles. The van der Waals surface area contributed by atoms with E-state index in [1.54, 1.807) is 0 Å². The fourth-order valence-corrected chi connectivity index (χ4v) is 6.60. The molecule has 0 saturated heterocycles. The Morgan fingerprint density at radius 2 is 0.836 bits per heavy atom. The number of anilines is 2. The van der Waals surface area contributed by atoms with Crippen LogP contribution in [0.25, 0.3) is 12.2 Å². The minimum Gasteiger partial charge on any atom is -0.744 e. The Bertz CT molecular complexity index is 2470. The van der Waals surface area contributed by atoms with Gasteiger partial charge in [-0.05, 0) is 71.8 Å². The fourth-order valence-electron chi connectivity index (χ4n) is 4.21. The van der Waals surface area contributed by atoms with Crippen molar-refractivity contribution in [3.05, 3.63) is 95.1 Å². The highest BCUT2D eigenvalue weighted by Gasteiger charge is 2.18. The summed E-state index contributed by atoms with van der Waals surface area (Å²) >= 11 is 0. The lowest BCUT2D eigenvalue weighted by Gasteiger charge is -2.16. The smallest absolute Gasteiger partial charge is 0.259 e. The van der Waals surface area contributed by atoms with Crippen molar-refractivity contribution in [2.24, 2.45) is 0 Å². The first-order valence-electron chi connectivity index (χ1n) is 14.8. The average molecular weight is 841 g/mol. The molecular formula is C32H30N3O16S4-3. The summed E-state index contributed by atoms with van der Waals surface area (Å²) in [6, 6.07) is 9.57. The zero-order valence-corrected chi connectivity index (χ0v) is 32.0. The number of carbonyl (C=O) groups excluding carboxylic acids is 2. The Kier molecular flexibility index (Phi) is 13.0. The van der Waals surface area contributed by atoms with Gasteiger partial charge in [0, 0.05) is 11.4 Å². The van der Waals surface area contributed by atoms with Gasteiger partial charge >= 0.3 is 0 Å². The van der Waals surface area contributed by atoms with Crippen molar-refractivity contribution in [2.75, 3.05) is 38.8 Å². The second kappa shape index (κ2) is 16.2. The number of nitrogens with one attached hydrogen (secondary N) is 2. The molecule has 0 aliphatic rings. The van der Waals surface area contributed by atoms with Crippen LogP contribution in [0.2, 0.25) is 0 Å². The Hall–Kier alpha value is -5.24. The largest absolute Gasteiger partial charge is 0.744 e. The zero-order valence-electron chi connectivity index (χ0n) is 28.8. The number of rotatable bonds is 10. The normalized spacial score (nSPS) is 12.4. The predicted octanol–water partition coefficient (Wildman–Crippen LogP) is 1.71. The van der Waals surface area contributed by atoms with Gasteiger partial charge in [-0.25, -0.2) is 33.7 Å². The van der Waals surface area contributed by atoms with Crippen LogP contribution in [0.1, 0.15) is 31.8 Å². The SMILES string of the molecule is C[N+](C)(C)C.O=C(Nc1ccc(/C=C\c2ccc(NC(=O)c3cc(S(=O)(=O)[O-])ccc3O)cc2S(=O)(=O)[O-])c(S(=O)(=O)[O-])c1)c1cc(S(=O)(=O)[O-])ccc1O. The van der Waals surface area contributed by atoms with E-state index < -0.39 is 94.5 Å². The Morgan fingerprint density at radius 1 is 0.527 bits per heavy atom. The molecule has 2 amide bonds. The first-order chi connectivity index (χ1) is 24.9. The first kappa shape index (κ1) is 44.2. The van der Waals surface area contributed by atoms with Gasteiger partial charge in [-0.1, -0.05) is 24.3 Å². The summed E-state index contributed by atoms with van der Waals surface area (Å²) in [6.07, 6.45) is 1.83. The fraction of sp³-hybridized carbons (Fsp3) is 0.125. The average Bonchev–Trinajstić information content (AvgIpc) is 3.02. The molecular weight excluding hydrogens is 811 g/mol. The summed E-state index contributed by atoms with van der Waals surface area (Å²) in [7, 11) is -12.2. The summed E-state index contributed by atoms with van der Waals surface area (Å²) in [5.41, 5.74) is -2.85. The van der Waals surface area contributed by atoms with Crippen molar-refractivity contribution in [3.8, 4) is 11.5 Å². The number of hydrogen-bond acceptors (Lipinski definition) is 16.